The second-order valence-corrected chi connectivity index (χ2v) is 11.3. The Morgan fingerprint density at radius 2 is 0.780 bits per heavy atom. The molecule has 254 valence electrons. The molecule has 4 N–H and O–H groups in total. The Bertz CT molecular complexity index is 1800. The Labute approximate surface area is 322 Å². The van der Waals surface area contributed by atoms with Crippen molar-refractivity contribution < 1.29 is 48.1 Å². The first-order valence-corrected chi connectivity index (χ1v) is 16.6. The van der Waals surface area contributed by atoms with Gasteiger partial charge in [0.1, 0.15) is 0 Å². The third kappa shape index (κ3) is 9.93. The normalized spacial score (nSPS) is 12.7. The fraction of sp³-hybridized carbons (Fsp3) is 0.136. The van der Waals surface area contributed by atoms with Gasteiger partial charge in [-0.3, -0.25) is 0 Å². The summed E-state index contributed by atoms with van der Waals surface area (Å²) in [6.45, 7) is 4.00. The van der Waals surface area contributed by atoms with E-state index in [4.69, 9.17) is 0 Å². The summed E-state index contributed by atoms with van der Waals surface area (Å²) in [5.74, 6) is 0. The van der Waals surface area contributed by atoms with Crippen LogP contribution in [0.2, 0.25) is 0 Å². The summed E-state index contributed by atoms with van der Waals surface area (Å²) in [6, 6.07) is 49.9. The predicted octanol–water partition coefficient (Wildman–Crippen LogP) is 11.2. The van der Waals surface area contributed by atoms with Crippen molar-refractivity contribution >= 4 is 39.6 Å². The van der Waals surface area contributed by atoms with Crippen molar-refractivity contribution in [2.75, 3.05) is 9.80 Å². The van der Waals surface area contributed by atoms with Gasteiger partial charge in [0.15, 0.2) is 0 Å². The quantitative estimate of drug-likeness (QED) is 0.159. The van der Waals surface area contributed by atoms with Crippen LogP contribution in [-0.2, 0) is 37.1 Å². The molecule has 0 aromatic heterocycles. The van der Waals surface area contributed by atoms with Gasteiger partial charge < -0.3 is 20.8 Å². The van der Waals surface area contributed by atoms with E-state index >= 15 is 0 Å². The first-order chi connectivity index (χ1) is 22.8. The molecule has 2 radical (unpaired) electrons. The van der Waals surface area contributed by atoms with Crippen LogP contribution in [0, 0.1) is 0 Å². The summed E-state index contributed by atoms with van der Waals surface area (Å²) in [7, 11) is 0. The zero-order valence-corrected chi connectivity index (χ0v) is 31.6. The van der Waals surface area contributed by atoms with Crippen LogP contribution >= 0.6 is 0 Å². The van der Waals surface area contributed by atoms with Crippen LogP contribution < -0.4 is 9.80 Å². The molecule has 5 aromatic rings. The summed E-state index contributed by atoms with van der Waals surface area (Å²) in [6.07, 6.45) is 15.7. The summed E-state index contributed by atoms with van der Waals surface area (Å²) < 4.78 is 0. The van der Waals surface area contributed by atoms with E-state index in [2.05, 4.69) is 180 Å². The number of benzene rings is 5. The molecular weight excluding hydrogens is 690 g/mol. The minimum Gasteiger partial charge on any atom is -0.412 e. The first kappa shape index (κ1) is 41.9. The van der Waals surface area contributed by atoms with Crippen molar-refractivity contribution in [1.29, 1.82) is 0 Å². The fourth-order valence-electron chi connectivity index (χ4n) is 6.16. The van der Waals surface area contributed by atoms with Crippen molar-refractivity contribution in [3.05, 3.63) is 187 Å². The number of anilines is 5. The molecule has 0 amide bonds. The molecule has 0 saturated carbocycles. The van der Waals surface area contributed by atoms with E-state index in [0.717, 1.165) is 42.7 Å². The molecular formula is C44H46N2O2V2. The molecule has 0 unspecified atom stereocenters. The van der Waals surface area contributed by atoms with Crippen molar-refractivity contribution in [3.63, 3.8) is 0 Å². The average molecular weight is 737 g/mol. The number of allylic oxidation sites excluding steroid dienone is 7. The van der Waals surface area contributed by atoms with Crippen LogP contribution in [0.5, 0.6) is 0 Å². The van der Waals surface area contributed by atoms with E-state index in [9.17, 15) is 0 Å². The molecule has 0 aliphatic heterocycles. The zero-order chi connectivity index (χ0) is 31.6. The van der Waals surface area contributed by atoms with Crippen LogP contribution in [0.4, 0.5) is 28.4 Å². The van der Waals surface area contributed by atoms with Crippen molar-refractivity contribution in [1.82, 2.24) is 0 Å². The minimum atomic E-state index is 0. The van der Waals surface area contributed by atoms with Crippen LogP contribution in [0.1, 0.15) is 50.7 Å². The van der Waals surface area contributed by atoms with Gasteiger partial charge in [-0.15, -0.1) is 0 Å². The largest absolute Gasteiger partial charge is 0.412 e. The number of hydrogen-bond acceptors (Lipinski definition) is 2. The van der Waals surface area contributed by atoms with Gasteiger partial charge in [-0.2, -0.15) is 0 Å². The maximum absolute atomic E-state index is 2.35. The number of nitrogens with zero attached hydrogens (tertiary/aromatic N) is 2. The maximum atomic E-state index is 2.35. The molecule has 0 fully saturated rings. The molecule has 0 heterocycles. The van der Waals surface area contributed by atoms with Crippen LogP contribution in [0.15, 0.2) is 176 Å². The second-order valence-electron chi connectivity index (χ2n) is 11.3. The Morgan fingerprint density at radius 3 is 1.14 bits per heavy atom. The van der Waals surface area contributed by atoms with Gasteiger partial charge in [-0.1, -0.05) is 117 Å². The predicted molar refractivity (Wildman–Crippen MR) is 206 cm³/mol. The van der Waals surface area contributed by atoms with Gasteiger partial charge in [0.2, 0.25) is 0 Å². The second kappa shape index (κ2) is 21.1. The molecule has 6 heteroatoms. The first-order valence-electron chi connectivity index (χ1n) is 16.6. The Balaban J connectivity index is 0.00000142. The summed E-state index contributed by atoms with van der Waals surface area (Å²) in [5.41, 5.74) is 12.4. The third-order valence-electron chi connectivity index (χ3n) is 8.42. The van der Waals surface area contributed by atoms with Gasteiger partial charge in [0.25, 0.3) is 0 Å². The molecule has 4 nitrogen and oxygen atoms in total. The molecule has 0 saturated heterocycles. The van der Waals surface area contributed by atoms with Gasteiger partial charge in [-0.05, 0) is 115 Å². The maximum Gasteiger partial charge on any atom is 0.0462 e. The van der Waals surface area contributed by atoms with Gasteiger partial charge >= 0.3 is 0 Å². The van der Waals surface area contributed by atoms with E-state index in [1.165, 1.54) is 39.3 Å². The average Bonchev–Trinajstić information content (AvgIpc) is 3.15. The molecule has 2 aliphatic rings. The summed E-state index contributed by atoms with van der Waals surface area (Å²) in [5, 5.41) is 0. The van der Waals surface area contributed by atoms with Gasteiger partial charge in [0, 0.05) is 71.2 Å². The SMILES string of the molecule is C1=CC(N(c2ccccc2)c2ccc(C3=CC=C(c4ccc(N(c5ccccc5)c5ccccc5)cc4)CC3)cc2)=CCC1.CC.O.O.[V].[V]. The van der Waals surface area contributed by atoms with Gasteiger partial charge in [-0.25, -0.2) is 0 Å². The third-order valence-corrected chi connectivity index (χ3v) is 8.42. The number of hydrogen-bond donors (Lipinski definition) is 0. The van der Waals surface area contributed by atoms with Crippen LogP contribution in [-0.4, -0.2) is 11.0 Å². The van der Waals surface area contributed by atoms with Crippen LogP contribution in [0.25, 0.3) is 11.1 Å². The molecule has 50 heavy (non-hydrogen) atoms. The number of para-hydroxylation sites is 3. The smallest absolute Gasteiger partial charge is 0.0462 e. The van der Waals surface area contributed by atoms with E-state index < -0.39 is 0 Å². The minimum absolute atomic E-state index is 0. The Hall–Kier alpha value is -4.25. The Morgan fingerprint density at radius 1 is 0.420 bits per heavy atom. The fourth-order valence-corrected chi connectivity index (χ4v) is 6.16. The summed E-state index contributed by atoms with van der Waals surface area (Å²) in [4.78, 5) is 4.66. The monoisotopic (exact) mass is 736 g/mol. The van der Waals surface area contributed by atoms with Crippen LogP contribution in [0.3, 0.4) is 0 Å². The number of rotatable bonds is 8. The van der Waals surface area contributed by atoms with Crippen molar-refractivity contribution in [2.24, 2.45) is 0 Å². The zero-order valence-electron chi connectivity index (χ0n) is 28.8. The van der Waals surface area contributed by atoms with Gasteiger partial charge in [0.05, 0.1) is 0 Å². The summed E-state index contributed by atoms with van der Waals surface area (Å²) >= 11 is 0. The molecule has 7 rings (SSSR count). The molecule has 2 aliphatic carbocycles. The molecule has 0 spiro atoms. The molecule has 0 bridgehead atoms. The molecule has 0 atom stereocenters. The Kier molecular flexibility index (Phi) is 17.7. The molecule has 5 aromatic carbocycles. The van der Waals surface area contributed by atoms with E-state index in [1.54, 1.807) is 0 Å². The van der Waals surface area contributed by atoms with Crippen molar-refractivity contribution in [3.8, 4) is 0 Å². The van der Waals surface area contributed by atoms with Crippen molar-refractivity contribution in [2.45, 2.75) is 39.5 Å². The van der Waals surface area contributed by atoms with E-state index in [0.29, 0.717) is 0 Å². The van der Waals surface area contributed by atoms with E-state index in [-0.39, 0.29) is 48.1 Å². The standard InChI is InChI=1S/C42H36N2.C2H6.2H2O.2V/c1-5-13-37(14-6-1)43(38-15-7-2-8-16-38)41-29-25-35(26-30-41)33-21-23-34(24-22-33)36-27-31-42(32-28-36)44(39-17-9-3-10-18-39)40-19-11-4-12-20-40;1-2;;;;/h1-3,5-11,13-21,23,25-32H,4,12,22,24H2;1-2H3;2*1H2;;. The topological polar surface area (TPSA) is 69.5 Å². The van der Waals surface area contributed by atoms with E-state index in [1.807, 2.05) is 13.8 Å².